The highest BCUT2D eigenvalue weighted by atomic mass is 79.9. The number of hydrogen-bond acceptors (Lipinski definition) is 2. The summed E-state index contributed by atoms with van der Waals surface area (Å²) in [6.07, 6.45) is 1.51. The summed E-state index contributed by atoms with van der Waals surface area (Å²) in [5.74, 6) is -1.38. The number of carboxylic acids is 1. The molecule has 0 atom stereocenters. The number of rotatable bonds is 5. The molecular weight excluding hydrogens is 298 g/mol. The zero-order valence-electron chi connectivity index (χ0n) is 9.80. The fourth-order valence-corrected chi connectivity index (χ4v) is 2.26. The minimum atomic E-state index is -1.07. The molecule has 0 bridgehead atoms. The van der Waals surface area contributed by atoms with Gasteiger partial charge >= 0.3 is 5.97 Å². The van der Waals surface area contributed by atoms with Crippen LogP contribution >= 0.6 is 15.9 Å². The van der Waals surface area contributed by atoms with Gasteiger partial charge in [0.05, 0.1) is 0 Å². The van der Waals surface area contributed by atoms with E-state index in [-0.39, 0.29) is 11.9 Å². The van der Waals surface area contributed by atoms with Gasteiger partial charge < -0.3 is 10.0 Å². The van der Waals surface area contributed by atoms with Gasteiger partial charge in [0.25, 0.3) is 0 Å². The average molecular weight is 312 g/mol. The van der Waals surface area contributed by atoms with Crippen LogP contribution in [0.5, 0.6) is 0 Å². The Bertz CT molecular complexity index is 471. The molecule has 0 spiro atoms. The maximum atomic E-state index is 11.9. The molecule has 0 heterocycles. The molecule has 1 aliphatic carbocycles. The van der Waals surface area contributed by atoms with Gasteiger partial charge in [-0.1, -0.05) is 34.1 Å². The van der Waals surface area contributed by atoms with Crippen molar-refractivity contribution in [1.29, 1.82) is 0 Å². The number of nitrogens with zero attached hydrogens (tertiary/aromatic N) is 1. The molecule has 1 fully saturated rings. The molecule has 1 N–H and O–H groups in total. The molecule has 0 unspecified atom stereocenters. The Morgan fingerprint density at radius 2 is 2.00 bits per heavy atom. The number of carbonyl (C=O) groups is 2. The molecule has 1 aromatic carbocycles. The number of carbonyl (C=O) groups excluding carboxylic acids is 1. The standard InChI is InChI=1S/C13H14BrNO3/c14-11-4-2-1-3-9(11)8-15(10-5-6-10)12(16)7-13(17)18/h1-4,10H,5-8H2,(H,17,18). The fraction of sp³-hybridized carbons (Fsp3) is 0.385. The van der Waals surface area contributed by atoms with E-state index in [1.807, 2.05) is 24.3 Å². The molecule has 0 radical (unpaired) electrons. The molecule has 0 aliphatic heterocycles. The molecule has 1 aliphatic rings. The summed E-state index contributed by atoms with van der Waals surface area (Å²) < 4.78 is 0.943. The summed E-state index contributed by atoms with van der Waals surface area (Å²) in [5.41, 5.74) is 1.00. The Balaban J connectivity index is 2.09. The van der Waals surface area contributed by atoms with Gasteiger partial charge in [-0.25, -0.2) is 0 Å². The van der Waals surface area contributed by atoms with E-state index in [9.17, 15) is 9.59 Å². The first-order valence-electron chi connectivity index (χ1n) is 5.82. The summed E-state index contributed by atoms with van der Waals surface area (Å²) >= 11 is 3.44. The van der Waals surface area contributed by atoms with E-state index in [1.165, 1.54) is 0 Å². The highest BCUT2D eigenvalue weighted by molar-refractivity contribution is 9.10. The van der Waals surface area contributed by atoms with Crippen LogP contribution in [0.25, 0.3) is 0 Å². The number of carboxylic acid groups (broad SMARTS) is 1. The van der Waals surface area contributed by atoms with Crippen LogP contribution in [-0.4, -0.2) is 27.9 Å². The molecular formula is C13H14BrNO3. The zero-order chi connectivity index (χ0) is 13.1. The Kier molecular flexibility index (Phi) is 4.01. The van der Waals surface area contributed by atoms with E-state index in [4.69, 9.17) is 5.11 Å². The van der Waals surface area contributed by atoms with Crippen LogP contribution < -0.4 is 0 Å². The molecule has 5 heteroatoms. The second-order valence-electron chi connectivity index (χ2n) is 4.41. The van der Waals surface area contributed by atoms with Gasteiger partial charge in [0.15, 0.2) is 0 Å². The molecule has 0 aromatic heterocycles. The van der Waals surface area contributed by atoms with Crippen LogP contribution in [0.2, 0.25) is 0 Å². The zero-order valence-corrected chi connectivity index (χ0v) is 11.4. The van der Waals surface area contributed by atoms with Gasteiger partial charge in [-0.3, -0.25) is 9.59 Å². The number of benzene rings is 1. The number of amides is 1. The monoisotopic (exact) mass is 311 g/mol. The third kappa shape index (κ3) is 3.32. The van der Waals surface area contributed by atoms with Crippen LogP contribution in [0.1, 0.15) is 24.8 Å². The van der Waals surface area contributed by atoms with Crippen molar-refractivity contribution in [2.45, 2.75) is 31.8 Å². The number of hydrogen-bond donors (Lipinski definition) is 1. The Labute approximate surface area is 114 Å². The second kappa shape index (κ2) is 5.52. The van der Waals surface area contributed by atoms with Crippen molar-refractivity contribution in [2.24, 2.45) is 0 Å². The maximum absolute atomic E-state index is 11.9. The molecule has 0 saturated heterocycles. The van der Waals surface area contributed by atoms with Gasteiger partial charge in [0.2, 0.25) is 5.91 Å². The third-order valence-corrected chi connectivity index (χ3v) is 3.68. The van der Waals surface area contributed by atoms with Gasteiger partial charge in [0.1, 0.15) is 6.42 Å². The van der Waals surface area contributed by atoms with E-state index in [1.54, 1.807) is 4.90 Å². The first-order valence-corrected chi connectivity index (χ1v) is 6.62. The Morgan fingerprint density at radius 1 is 1.33 bits per heavy atom. The average Bonchev–Trinajstić information content (AvgIpc) is 3.11. The SMILES string of the molecule is O=C(O)CC(=O)N(Cc1ccccc1Br)C1CC1. The number of halogens is 1. The van der Waals surface area contributed by atoms with Crippen LogP contribution in [0, 0.1) is 0 Å². The van der Waals surface area contributed by atoms with Gasteiger partial charge in [-0.15, -0.1) is 0 Å². The normalized spacial score (nSPS) is 14.3. The molecule has 4 nitrogen and oxygen atoms in total. The highest BCUT2D eigenvalue weighted by Gasteiger charge is 2.33. The molecule has 1 aromatic rings. The predicted molar refractivity (Wildman–Crippen MR) is 70.0 cm³/mol. The quantitative estimate of drug-likeness (QED) is 0.850. The van der Waals surface area contributed by atoms with Gasteiger partial charge in [0, 0.05) is 17.1 Å². The topological polar surface area (TPSA) is 57.6 Å². The Morgan fingerprint density at radius 3 is 2.56 bits per heavy atom. The van der Waals surface area contributed by atoms with Crippen molar-refractivity contribution in [2.75, 3.05) is 0 Å². The van der Waals surface area contributed by atoms with E-state index in [0.29, 0.717) is 6.54 Å². The van der Waals surface area contributed by atoms with E-state index in [2.05, 4.69) is 15.9 Å². The summed E-state index contributed by atoms with van der Waals surface area (Å²) in [4.78, 5) is 24.2. The van der Waals surface area contributed by atoms with E-state index in [0.717, 1.165) is 22.9 Å². The number of aliphatic carboxylic acids is 1. The first-order chi connectivity index (χ1) is 8.58. The molecule has 2 rings (SSSR count). The lowest BCUT2D eigenvalue weighted by Gasteiger charge is -2.22. The van der Waals surface area contributed by atoms with E-state index < -0.39 is 12.4 Å². The van der Waals surface area contributed by atoms with Gasteiger partial charge in [-0.2, -0.15) is 0 Å². The van der Waals surface area contributed by atoms with Crippen LogP contribution in [0.4, 0.5) is 0 Å². The summed E-state index contributed by atoms with van der Waals surface area (Å²) in [6, 6.07) is 7.89. The fourth-order valence-electron chi connectivity index (χ4n) is 1.85. The highest BCUT2D eigenvalue weighted by Crippen LogP contribution is 2.30. The van der Waals surface area contributed by atoms with Crippen molar-refractivity contribution in [3.05, 3.63) is 34.3 Å². The maximum Gasteiger partial charge on any atom is 0.312 e. The summed E-state index contributed by atoms with van der Waals surface area (Å²) in [5, 5.41) is 8.70. The molecule has 96 valence electrons. The lowest BCUT2D eigenvalue weighted by molar-refractivity contribution is -0.144. The third-order valence-electron chi connectivity index (χ3n) is 2.91. The smallest absolute Gasteiger partial charge is 0.312 e. The first kappa shape index (κ1) is 13.1. The minimum Gasteiger partial charge on any atom is -0.481 e. The van der Waals surface area contributed by atoms with Crippen LogP contribution in [0.3, 0.4) is 0 Å². The lowest BCUT2D eigenvalue weighted by Crippen LogP contribution is -2.34. The van der Waals surface area contributed by atoms with Crippen molar-refractivity contribution >= 4 is 27.8 Å². The predicted octanol–water partition coefficient (Wildman–Crippen LogP) is 2.41. The second-order valence-corrected chi connectivity index (χ2v) is 5.27. The lowest BCUT2D eigenvalue weighted by atomic mass is 10.2. The molecule has 18 heavy (non-hydrogen) atoms. The Hall–Kier alpha value is -1.36. The van der Waals surface area contributed by atoms with E-state index >= 15 is 0 Å². The molecule has 1 amide bonds. The minimum absolute atomic E-state index is 0.212. The van der Waals surface area contributed by atoms with Crippen LogP contribution in [-0.2, 0) is 16.1 Å². The largest absolute Gasteiger partial charge is 0.481 e. The van der Waals surface area contributed by atoms with Gasteiger partial charge in [-0.05, 0) is 24.5 Å². The van der Waals surface area contributed by atoms with Crippen LogP contribution in [0.15, 0.2) is 28.7 Å². The van der Waals surface area contributed by atoms with Crippen molar-refractivity contribution in [3.8, 4) is 0 Å². The van der Waals surface area contributed by atoms with Crippen molar-refractivity contribution in [1.82, 2.24) is 4.90 Å². The van der Waals surface area contributed by atoms with Crippen molar-refractivity contribution < 1.29 is 14.7 Å². The summed E-state index contributed by atoms with van der Waals surface area (Å²) in [6.45, 7) is 0.470. The van der Waals surface area contributed by atoms with Crippen molar-refractivity contribution in [3.63, 3.8) is 0 Å². The summed E-state index contributed by atoms with van der Waals surface area (Å²) in [7, 11) is 0. The molecule has 1 saturated carbocycles.